The first kappa shape index (κ1) is 13.1. The van der Waals surface area contributed by atoms with Gasteiger partial charge in [0.25, 0.3) is 0 Å². The van der Waals surface area contributed by atoms with Gasteiger partial charge in [-0.1, -0.05) is 12.1 Å². The van der Waals surface area contributed by atoms with Gasteiger partial charge in [0, 0.05) is 19.1 Å². The maximum absolute atomic E-state index is 10.8. The monoisotopic (exact) mass is 271 g/mol. The van der Waals surface area contributed by atoms with Gasteiger partial charge in [-0.05, 0) is 13.0 Å². The summed E-state index contributed by atoms with van der Waals surface area (Å²) < 4.78 is 11.1. The predicted octanol–water partition coefficient (Wildman–Crippen LogP) is 2.76. The summed E-state index contributed by atoms with van der Waals surface area (Å²) in [6, 6.07) is 6.32. The van der Waals surface area contributed by atoms with E-state index in [9.17, 15) is 10.1 Å². The highest BCUT2D eigenvalue weighted by Crippen LogP contribution is 2.35. The zero-order valence-electron chi connectivity index (χ0n) is 9.91. The first-order valence-electron chi connectivity index (χ1n) is 5.79. The molecule has 18 heavy (non-hydrogen) atoms. The number of hydrogen-bond donors (Lipinski definition) is 0. The molecule has 0 aliphatic heterocycles. The average molecular weight is 272 g/mol. The second kappa shape index (κ2) is 5.54. The SMILES string of the molecule is CCOC1C(Cl)CC1Oc1ccccc1[N+](=O)[O-]. The molecule has 1 aliphatic carbocycles. The summed E-state index contributed by atoms with van der Waals surface area (Å²) in [5.41, 5.74) is -0.0363. The topological polar surface area (TPSA) is 61.6 Å². The van der Waals surface area contributed by atoms with Gasteiger partial charge < -0.3 is 9.47 Å². The van der Waals surface area contributed by atoms with Gasteiger partial charge in [-0.15, -0.1) is 11.6 Å². The lowest BCUT2D eigenvalue weighted by atomic mass is 9.91. The van der Waals surface area contributed by atoms with Gasteiger partial charge >= 0.3 is 5.69 Å². The van der Waals surface area contributed by atoms with E-state index in [4.69, 9.17) is 21.1 Å². The Hall–Kier alpha value is -1.33. The summed E-state index contributed by atoms with van der Waals surface area (Å²) in [5, 5.41) is 10.8. The number of alkyl halides is 1. The molecule has 0 saturated heterocycles. The Balaban J connectivity index is 2.08. The Morgan fingerprint density at radius 1 is 1.50 bits per heavy atom. The minimum atomic E-state index is -0.456. The number of halogens is 1. The molecule has 0 N–H and O–H groups in total. The first-order valence-corrected chi connectivity index (χ1v) is 6.23. The van der Waals surface area contributed by atoms with Crippen molar-refractivity contribution in [2.45, 2.75) is 30.9 Å². The van der Waals surface area contributed by atoms with E-state index in [0.29, 0.717) is 13.0 Å². The number of para-hydroxylation sites is 2. The molecule has 3 unspecified atom stereocenters. The average Bonchev–Trinajstić information content (AvgIpc) is 2.36. The third-order valence-electron chi connectivity index (χ3n) is 2.88. The predicted molar refractivity (Wildman–Crippen MR) is 67.2 cm³/mol. The molecule has 2 rings (SSSR count). The molecular formula is C12H14ClNO4. The summed E-state index contributed by atoms with van der Waals surface area (Å²) in [4.78, 5) is 10.4. The fourth-order valence-corrected chi connectivity index (χ4v) is 2.33. The van der Waals surface area contributed by atoms with Gasteiger partial charge in [-0.2, -0.15) is 0 Å². The Bertz CT molecular complexity index is 440. The molecule has 3 atom stereocenters. The van der Waals surface area contributed by atoms with Crippen molar-refractivity contribution in [1.82, 2.24) is 0 Å². The molecular weight excluding hydrogens is 258 g/mol. The lowest BCUT2D eigenvalue weighted by Crippen LogP contribution is -2.52. The molecule has 5 nitrogen and oxygen atoms in total. The Labute approximate surface area is 110 Å². The van der Waals surface area contributed by atoms with Crippen molar-refractivity contribution >= 4 is 17.3 Å². The summed E-state index contributed by atoms with van der Waals surface area (Å²) in [7, 11) is 0. The first-order chi connectivity index (χ1) is 8.63. The standard InChI is InChI=1S/C12H14ClNO4/c1-2-17-12-8(13)7-11(12)18-10-6-4-3-5-9(10)14(15)16/h3-6,8,11-12H,2,7H2,1H3. The van der Waals surface area contributed by atoms with Crippen LogP contribution < -0.4 is 4.74 Å². The van der Waals surface area contributed by atoms with E-state index in [1.807, 2.05) is 6.92 Å². The van der Waals surface area contributed by atoms with Crippen molar-refractivity contribution in [3.63, 3.8) is 0 Å². The van der Waals surface area contributed by atoms with E-state index >= 15 is 0 Å². The van der Waals surface area contributed by atoms with Gasteiger partial charge in [-0.25, -0.2) is 0 Å². The second-order valence-corrected chi connectivity index (χ2v) is 4.61. The van der Waals surface area contributed by atoms with E-state index in [0.717, 1.165) is 0 Å². The van der Waals surface area contributed by atoms with Crippen LogP contribution in [-0.2, 0) is 4.74 Å². The number of nitro benzene ring substituents is 1. The molecule has 98 valence electrons. The molecule has 1 aromatic rings. The highest BCUT2D eigenvalue weighted by Gasteiger charge is 2.43. The Morgan fingerprint density at radius 2 is 2.22 bits per heavy atom. The second-order valence-electron chi connectivity index (χ2n) is 4.05. The Kier molecular flexibility index (Phi) is 4.04. The molecule has 1 aliphatic rings. The van der Waals surface area contributed by atoms with Gasteiger partial charge in [0.15, 0.2) is 5.75 Å². The highest BCUT2D eigenvalue weighted by molar-refractivity contribution is 6.21. The van der Waals surface area contributed by atoms with Gasteiger partial charge in [0.2, 0.25) is 0 Å². The normalized spacial score (nSPS) is 26.4. The molecule has 1 saturated carbocycles. The van der Waals surface area contributed by atoms with Crippen molar-refractivity contribution in [3.8, 4) is 5.75 Å². The fraction of sp³-hybridized carbons (Fsp3) is 0.500. The number of benzene rings is 1. The molecule has 0 radical (unpaired) electrons. The van der Waals surface area contributed by atoms with Gasteiger partial charge in [-0.3, -0.25) is 10.1 Å². The third-order valence-corrected chi connectivity index (χ3v) is 3.31. The number of rotatable bonds is 5. The minimum absolute atomic E-state index is 0.0363. The lowest BCUT2D eigenvalue weighted by Gasteiger charge is -2.40. The zero-order chi connectivity index (χ0) is 13.1. The Morgan fingerprint density at radius 3 is 2.83 bits per heavy atom. The van der Waals surface area contributed by atoms with Crippen molar-refractivity contribution in [1.29, 1.82) is 0 Å². The van der Waals surface area contributed by atoms with E-state index in [2.05, 4.69) is 0 Å². The largest absolute Gasteiger partial charge is 0.481 e. The zero-order valence-corrected chi connectivity index (χ0v) is 10.7. The maximum Gasteiger partial charge on any atom is 0.310 e. The van der Waals surface area contributed by atoms with E-state index in [-0.39, 0.29) is 29.0 Å². The summed E-state index contributed by atoms with van der Waals surface area (Å²) in [6.07, 6.45) is 0.225. The van der Waals surface area contributed by atoms with Gasteiger partial charge in [0.05, 0.1) is 10.3 Å². The van der Waals surface area contributed by atoms with E-state index < -0.39 is 4.92 Å². The number of ether oxygens (including phenoxy) is 2. The smallest absolute Gasteiger partial charge is 0.310 e. The summed E-state index contributed by atoms with van der Waals surface area (Å²) in [6.45, 7) is 2.43. The molecule has 1 fully saturated rings. The minimum Gasteiger partial charge on any atom is -0.481 e. The number of hydrogen-bond acceptors (Lipinski definition) is 4. The van der Waals surface area contributed by atoms with Crippen molar-refractivity contribution in [2.75, 3.05) is 6.61 Å². The quantitative estimate of drug-likeness (QED) is 0.469. The van der Waals surface area contributed by atoms with Crippen molar-refractivity contribution < 1.29 is 14.4 Å². The summed E-state index contributed by atoms with van der Waals surface area (Å²) in [5.74, 6) is 0.265. The van der Waals surface area contributed by atoms with Crippen LogP contribution in [0.3, 0.4) is 0 Å². The van der Waals surface area contributed by atoms with Crippen LogP contribution >= 0.6 is 11.6 Å². The maximum atomic E-state index is 10.8. The van der Waals surface area contributed by atoms with Crippen LogP contribution in [0.5, 0.6) is 5.75 Å². The summed E-state index contributed by atoms with van der Waals surface area (Å²) >= 11 is 6.02. The van der Waals surface area contributed by atoms with Crippen molar-refractivity contribution in [2.24, 2.45) is 0 Å². The van der Waals surface area contributed by atoms with Crippen LogP contribution in [0.15, 0.2) is 24.3 Å². The molecule has 0 aromatic heterocycles. The molecule has 0 amide bonds. The van der Waals surface area contributed by atoms with E-state index in [1.165, 1.54) is 6.07 Å². The van der Waals surface area contributed by atoms with Crippen LogP contribution in [0.2, 0.25) is 0 Å². The van der Waals surface area contributed by atoms with Crippen LogP contribution in [0.4, 0.5) is 5.69 Å². The molecule has 0 bridgehead atoms. The molecule has 1 aromatic carbocycles. The third kappa shape index (κ3) is 2.57. The lowest BCUT2D eigenvalue weighted by molar-refractivity contribution is -0.386. The van der Waals surface area contributed by atoms with Crippen molar-refractivity contribution in [3.05, 3.63) is 34.4 Å². The molecule has 0 heterocycles. The van der Waals surface area contributed by atoms with Crippen LogP contribution in [0.25, 0.3) is 0 Å². The number of nitrogens with zero attached hydrogens (tertiary/aromatic N) is 1. The molecule has 0 spiro atoms. The van der Waals surface area contributed by atoms with Gasteiger partial charge in [0.1, 0.15) is 12.2 Å². The van der Waals surface area contributed by atoms with Crippen LogP contribution in [-0.4, -0.2) is 29.1 Å². The highest BCUT2D eigenvalue weighted by atomic mass is 35.5. The number of nitro groups is 1. The van der Waals surface area contributed by atoms with E-state index in [1.54, 1.807) is 18.2 Å². The molecule has 6 heteroatoms. The van der Waals surface area contributed by atoms with Crippen LogP contribution in [0, 0.1) is 10.1 Å². The fourth-order valence-electron chi connectivity index (χ4n) is 1.92. The van der Waals surface area contributed by atoms with Crippen LogP contribution in [0.1, 0.15) is 13.3 Å².